The molecule has 2 unspecified atom stereocenters. The lowest BCUT2D eigenvalue weighted by Crippen LogP contribution is -2.45. The number of amides is 1. The van der Waals surface area contributed by atoms with Crippen molar-refractivity contribution in [3.8, 4) is 0 Å². The van der Waals surface area contributed by atoms with E-state index in [1.54, 1.807) is 4.90 Å². The van der Waals surface area contributed by atoms with Gasteiger partial charge < -0.3 is 15.7 Å². The monoisotopic (exact) mass is 269 g/mol. The van der Waals surface area contributed by atoms with Crippen molar-refractivity contribution in [1.29, 1.82) is 0 Å². The summed E-state index contributed by atoms with van der Waals surface area (Å²) >= 11 is 5.77. The van der Waals surface area contributed by atoms with E-state index >= 15 is 0 Å². The summed E-state index contributed by atoms with van der Waals surface area (Å²) in [6.07, 6.45) is 1.64. The van der Waals surface area contributed by atoms with Crippen molar-refractivity contribution in [3.63, 3.8) is 0 Å². The molecule has 1 aromatic heterocycles. The Balaban J connectivity index is 2.19. The number of pyridine rings is 1. The highest BCUT2D eigenvalue weighted by Gasteiger charge is 2.28. The number of aliphatic hydroxyl groups is 1. The Hall–Kier alpha value is -1.33. The average Bonchev–Trinajstić information content (AvgIpc) is 2.35. The number of nitrogen functional groups attached to an aromatic ring is 1. The van der Waals surface area contributed by atoms with Crippen LogP contribution in [-0.4, -0.2) is 40.1 Å². The second-order valence-corrected chi connectivity index (χ2v) is 5.07. The van der Waals surface area contributed by atoms with Crippen molar-refractivity contribution in [2.45, 2.75) is 19.4 Å². The maximum atomic E-state index is 12.3. The molecule has 98 valence electrons. The minimum absolute atomic E-state index is 0.0706. The summed E-state index contributed by atoms with van der Waals surface area (Å²) in [6.45, 7) is 2.98. The van der Waals surface area contributed by atoms with E-state index in [0.29, 0.717) is 30.8 Å². The third kappa shape index (κ3) is 2.57. The second-order valence-electron chi connectivity index (χ2n) is 4.68. The third-order valence-corrected chi connectivity index (χ3v) is 3.49. The summed E-state index contributed by atoms with van der Waals surface area (Å²) in [5.41, 5.74) is 6.44. The van der Waals surface area contributed by atoms with Crippen LogP contribution in [0, 0.1) is 5.92 Å². The largest absolute Gasteiger partial charge is 0.397 e. The summed E-state index contributed by atoms with van der Waals surface area (Å²) in [4.78, 5) is 17.8. The summed E-state index contributed by atoms with van der Waals surface area (Å²) < 4.78 is 0. The first-order valence-electron chi connectivity index (χ1n) is 5.87. The maximum Gasteiger partial charge on any atom is 0.256 e. The van der Waals surface area contributed by atoms with Crippen molar-refractivity contribution in [1.82, 2.24) is 9.88 Å². The first-order chi connectivity index (χ1) is 8.49. The lowest BCUT2D eigenvalue weighted by molar-refractivity contribution is 0.0298. The summed E-state index contributed by atoms with van der Waals surface area (Å²) in [5.74, 6) is -0.0863. The number of anilines is 1. The van der Waals surface area contributed by atoms with Gasteiger partial charge in [-0.25, -0.2) is 4.98 Å². The second kappa shape index (κ2) is 5.12. The molecule has 1 aromatic rings. The van der Waals surface area contributed by atoms with Gasteiger partial charge in [0.1, 0.15) is 5.15 Å². The molecule has 0 radical (unpaired) electrons. The van der Waals surface area contributed by atoms with Crippen LogP contribution in [0.2, 0.25) is 5.15 Å². The first kappa shape index (κ1) is 13.1. The zero-order valence-corrected chi connectivity index (χ0v) is 10.9. The fourth-order valence-electron chi connectivity index (χ4n) is 2.11. The van der Waals surface area contributed by atoms with Crippen LogP contribution < -0.4 is 5.73 Å². The van der Waals surface area contributed by atoms with Crippen LogP contribution in [-0.2, 0) is 0 Å². The van der Waals surface area contributed by atoms with Crippen LogP contribution in [0.5, 0.6) is 0 Å². The minimum Gasteiger partial charge on any atom is -0.397 e. The van der Waals surface area contributed by atoms with Crippen LogP contribution in [0.4, 0.5) is 5.69 Å². The van der Waals surface area contributed by atoms with Crippen molar-refractivity contribution in [2.24, 2.45) is 5.92 Å². The van der Waals surface area contributed by atoms with E-state index in [0.717, 1.165) is 0 Å². The smallest absolute Gasteiger partial charge is 0.256 e. The quantitative estimate of drug-likeness (QED) is 0.750. The molecule has 6 heteroatoms. The highest BCUT2D eigenvalue weighted by atomic mass is 35.5. The number of piperidine rings is 1. The van der Waals surface area contributed by atoms with Gasteiger partial charge in [0.15, 0.2) is 0 Å². The number of hydrogen-bond acceptors (Lipinski definition) is 4. The molecule has 2 heterocycles. The predicted molar refractivity (Wildman–Crippen MR) is 69.4 cm³/mol. The molecule has 0 spiro atoms. The number of carbonyl (C=O) groups is 1. The Morgan fingerprint density at radius 2 is 2.39 bits per heavy atom. The molecule has 2 rings (SSSR count). The van der Waals surface area contributed by atoms with Crippen molar-refractivity contribution >= 4 is 23.2 Å². The van der Waals surface area contributed by atoms with E-state index in [2.05, 4.69) is 4.98 Å². The molecule has 0 bridgehead atoms. The van der Waals surface area contributed by atoms with Gasteiger partial charge >= 0.3 is 0 Å². The Labute approximate surface area is 111 Å². The number of rotatable bonds is 1. The number of nitrogens with two attached hydrogens (primary N) is 1. The van der Waals surface area contributed by atoms with Crippen LogP contribution in [0.3, 0.4) is 0 Å². The Kier molecular flexibility index (Phi) is 3.73. The number of carbonyl (C=O) groups excluding carboxylic acids is 1. The molecule has 1 fully saturated rings. The zero-order chi connectivity index (χ0) is 13.3. The van der Waals surface area contributed by atoms with E-state index in [1.807, 2.05) is 6.92 Å². The molecular formula is C12H16ClN3O2. The summed E-state index contributed by atoms with van der Waals surface area (Å²) in [7, 11) is 0. The van der Waals surface area contributed by atoms with Crippen molar-refractivity contribution in [2.75, 3.05) is 18.8 Å². The molecule has 0 aliphatic carbocycles. The zero-order valence-electron chi connectivity index (χ0n) is 10.1. The summed E-state index contributed by atoms with van der Waals surface area (Å²) in [5, 5.41) is 9.90. The van der Waals surface area contributed by atoms with Crippen LogP contribution in [0.25, 0.3) is 0 Å². The van der Waals surface area contributed by atoms with E-state index in [-0.39, 0.29) is 23.1 Å². The lowest BCUT2D eigenvalue weighted by atomic mass is 9.96. The standard InChI is InChI=1S/C12H16ClN3O2/c1-7-6-16(3-2-10(7)17)12(18)8-4-11(13)15-5-9(8)14/h4-5,7,10,17H,2-3,6,14H2,1H3. The molecule has 1 aliphatic heterocycles. The SMILES string of the molecule is CC1CN(C(=O)c2cc(Cl)ncc2N)CCC1O. The van der Waals surface area contributed by atoms with E-state index in [1.165, 1.54) is 12.3 Å². The number of aromatic nitrogens is 1. The van der Waals surface area contributed by atoms with Crippen molar-refractivity contribution in [3.05, 3.63) is 23.0 Å². The van der Waals surface area contributed by atoms with E-state index in [4.69, 9.17) is 17.3 Å². The molecular weight excluding hydrogens is 254 g/mol. The molecule has 0 saturated carbocycles. The molecule has 3 N–H and O–H groups in total. The van der Waals surface area contributed by atoms with Crippen LogP contribution in [0.1, 0.15) is 23.7 Å². The third-order valence-electron chi connectivity index (χ3n) is 3.28. The molecule has 1 amide bonds. The average molecular weight is 270 g/mol. The van der Waals surface area contributed by atoms with Crippen molar-refractivity contribution < 1.29 is 9.90 Å². The Morgan fingerprint density at radius 1 is 1.67 bits per heavy atom. The number of halogens is 1. The van der Waals surface area contributed by atoms with Gasteiger partial charge in [0.05, 0.1) is 23.6 Å². The van der Waals surface area contributed by atoms with Gasteiger partial charge in [-0.3, -0.25) is 4.79 Å². The number of aliphatic hydroxyl groups excluding tert-OH is 1. The van der Waals surface area contributed by atoms with Gasteiger partial charge in [-0.1, -0.05) is 18.5 Å². The number of likely N-dealkylation sites (tertiary alicyclic amines) is 1. The molecule has 18 heavy (non-hydrogen) atoms. The highest BCUT2D eigenvalue weighted by Crippen LogP contribution is 2.22. The van der Waals surface area contributed by atoms with E-state index in [9.17, 15) is 9.90 Å². The Bertz CT molecular complexity index is 467. The number of nitrogens with zero attached hydrogens (tertiary/aromatic N) is 2. The molecule has 1 aliphatic rings. The predicted octanol–water partition coefficient (Wildman–Crippen LogP) is 1.16. The molecule has 1 saturated heterocycles. The van der Waals surface area contributed by atoms with Gasteiger partial charge in [-0.15, -0.1) is 0 Å². The molecule has 2 atom stereocenters. The van der Waals surface area contributed by atoms with Crippen LogP contribution in [0.15, 0.2) is 12.3 Å². The van der Waals surface area contributed by atoms with Gasteiger partial charge in [-0.2, -0.15) is 0 Å². The van der Waals surface area contributed by atoms with Gasteiger partial charge in [0.25, 0.3) is 5.91 Å². The normalized spacial score (nSPS) is 24.1. The van der Waals surface area contributed by atoms with Gasteiger partial charge in [-0.05, 0) is 18.4 Å². The topological polar surface area (TPSA) is 79.5 Å². The van der Waals surface area contributed by atoms with Gasteiger partial charge in [0.2, 0.25) is 0 Å². The fraction of sp³-hybridized carbons (Fsp3) is 0.500. The minimum atomic E-state index is -0.340. The van der Waals surface area contributed by atoms with E-state index < -0.39 is 0 Å². The maximum absolute atomic E-state index is 12.3. The fourth-order valence-corrected chi connectivity index (χ4v) is 2.27. The van der Waals surface area contributed by atoms with Crippen LogP contribution >= 0.6 is 11.6 Å². The number of hydrogen-bond donors (Lipinski definition) is 2. The Morgan fingerprint density at radius 3 is 3.06 bits per heavy atom. The molecule has 0 aromatic carbocycles. The summed E-state index contributed by atoms with van der Waals surface area (Å²) in [6, 6.07) is 1.48. The highest BCUT2D eigenvalue weighted by molar-refractivity contribution is 6.29. The lowest BCUT2D eigenvalue weighted by Gasteiger charge is -2.34. The van der Waals surface area contributed by atoms with Gasteiger partial charge in [0, 0.05) is 13.1 Å². The first-order valence-corrected chi connectivity index (χ1v) is 6.25. The molecule has 5 nitrogen and oxygen atoms in total.